The molecule has 12 heavy (non-hydrogen) atoms. The van der Waals surface area contributed by atoms with E-state index in [-0.39, 0.29) is 32.7 Å². The van der Waals surface area contributed by atoms with Crippen molar-refractivity contribution in [1.82, 2.24) is 19.3 Å². The molecule has 0 aromatic carbocycles. The van der Waals surface area contributed by atoms with Crippen LogP contribution in [0.1, 0.15) is 5.69 Å². The molecule has 2 heterocycles. The van der Waals surface area contributed by atoms with E-state index in [0.717, 1.165) is 16.9 Å². The number of nitrogens with zero attached hydrogens (tertiary/aromatic N) is 4. The molecule has 4 nitrogen and oxygen atoms in total. The van der Waals surface area contributed by atoms with Crippen LogP contribution in [0.3, 0.4) is 0 Å². The fourth-order valence-corrected chi connectivity index (χ4v) is 1.17. The zero-order valence-corrected chi connectivity index (χ0v) is 10.5. The molecule has 2 rings (SSSR count). The summed E-state index contributed by atoms with van der Waals surface area (Å²) in [5.74, 6) is 0. The van der Waals surface area contributed by atoms with E-state index in [9.17, 15) is 0 Å². The maximum atomic E-state index is 4.11. The van der Waals surface area contributed by atoms with Gasteiger partial charge in [0.25, 0.3) is 0 Å². The molecule has 0 aliphatic heterocycles. The van der Waals surface area contributed by atoms with Crippen LogP contribution in [0.4, 0.5) is 0 Å². The number of hydrogen-bond acceptors (Lipinski definition) is 3. The van der Waals surface area contributed by atoms with Crippen LogP contribution in [0.5, 0.6) is 0 Å². The van der Waals surface area contributed by atoms with Crippen molar-refractivity contribution in [3.8, 4) is 0 Å². The number of imidazole rings is 1. The molecule has 1 unspecified atom stereocenters. The Balaban J connectivity index is 0.000000720. The third-order valence-electron chi connectivity index (χ3n) is 1.48. The minimum absolute atomic E-state index is 0. The summed E-state index contributed by atoms with van der Waals surface area (Å²) >= 11 is 0. The van der Waals surface area contributed by atoms with Gasteiger partial charge in [0, 0.05) is 44.6 Å². The first-order valence-electron chi connectivity index (χ1n) is 3.12. The first kappa shape index (κ1) is 10.2. The van der Waals surface area contributed by atoms with Crippen molar-refractivity contribution in [3.05, 3.63) is 18.3 Å². The van der Waals surface area contributed by atoms with Crippen LogP contribution in [0.2, 0.25) is 0 Å². The van der Waals surface area contributed by atoms with Crippen LogP contribution < -0.4 is 0 Å². The predicted octanol–water partition coefficient (Wildman–Crippen LogP) is 0.571. The third-order valence-corrected chi connectivity index (χ3v) is 1.86. The van der Waals surface area contributed by atoms with E-state index in [4.69, 9.17) is 0 Å². The first-order valence-corrected chi connectivity index (χ1v) is 3.63. The summed E-state index contributed by atoms with van der Waals surface area (Å²) in [5, 5.41) is 0. The minimum Gasteiger partial charge on any atom is -0.369 e. The summed E-state index contributed by atoms with van der Waals surface area (Å²) in [6.45, 7) is 1.89. The molecular formula is C6H6N4PY-. The number of aromatic nitrogens is 4. The Hall–Kier alpha value is 0.0839. The topological polar surface area (TPSA) is 43.6 Å². The number of hydrogen-bond donors (Lipinski definition) is 0. The summed E-state index contributed by atoms with van der Waals surface area (Å²) in [6.07, 6.45) is 4.24. The first-order chi connectivity index (χ1) is 5.29. The zero-order chi connectivity index (χ0) is 7.84. The molecule has 6 heteroatoms. The van der Waals surface area contributed by atoms with Gasteiger partial charge in [-0.3, -0.25) is 4.98 Å². The summed E-state index contributed by atoms with van der Waals surface area (Å²) in [4.78, 5) is 12.0. The van der Waals surface area contributed by atoms with Gasteiger partial charge in [0.15, 0.2) is 0 Å². The molecule has 0 aliphatic rings. The fourth-order valence-electron chi connectivity index (χ4n) is 0.921. The van der Waals surface area contributed by atoms with E-state index in [1.54, 1.807) is 10.7 Å². The van der Waals surface area contributed by atoms with Gasteiger partial charge in [0.05, 0.1) is 12.0 Å². The van der Waals surface area contributed by atoms with Crippen molar-refractivity contribution in [2.45, 2.75) is 6.92 Å². The third kappa shape index (κ3) is 1.56. The molecule has 1 radical (unpaired) electrons. The molecule has 0 spiro atoms. The maximum Gasteiger partial charge on any atom is 0.0863 e. The SMILES string of the molecule is Cc1n[c-]nc2c1ncn2P.[Y]. The van der Waals surface area contributed by atoms with Crippen molar-refractivity contribution < 1.29 is 32.7 Å². The van der Waals surface area contributed by atoms with Gasteiger partial charge in [-0.25, -0.2) is 0 Å². The number of fused-ring (bicyclic) bond motifs is 1. The monoisotopic (exact) mass is 254 g/mol. The Morgan fingerprint density at radius 3 is 2.92 bits per heavy atom. The minimum atomic E-state index is 0. The van der Waals surface area contributed by atoms with Crippen LogP contribution >= 0.6 is 9.39 Å². The second-order valence-electron chi connectivity index (χ2n) is 2.23. The normalized spacial score (nSPS) is 9.83. The van der Waals surface area contributed by atoms with Gasteiger partial charge in [-0.15, -0.1) is 0 Å². The van der Waals surface area contributed by atoms with Gasteiger partial charge in [-0.1, -0.05) is 6.92 Å². The van der Waals surface area contributed by atoms with E-state index < -0.39 is 0 Å². The molecule has 1 atom stereocenters. The maximum absolute atomic E-state index is 4.11. The average Bonchev–Trinajstić information content (AvgIpc) is 2.35. The van der Waals surface area contributed by atoms with Gasteiger partial charge in [0.1, 0.15) is 0 Å². The van der Waals surface area contributed by atoms with Gasteiger partial charge < -0.3 is 14.3 Å². The molecule has 0 fully saturated rings. The van der Waals surface area contributed by atoms with Crippen molar-refractivity contribution >= 4 is 20.6 Å². The summed E-state index contributed by atoms with van der Waals surface area (Å²) in [6, 6.07) is 0. The quantitative estimate of drug-likeness (QED) is 0.510. The Kier molecular flexibility index (Phi) is 3.27. The molecule has 0 saturated carbocycles. The molecule has 0 bridgehead atoms. The molecule has 59 valence electrons. The molecule has 0 aliphatic carbocycles. The molecule has 0 saturated heterocycles. The smallest absolute Gasteiger partial charge is 0.0863 e. The molecule has 0 amide bonds. The molecule has 0 N–H and O–H groups in total. The Morgan fingerprint density at radius 2 is 2.25 bits per heavy atom. The van der Waals surface area contributed by atoms with Crippen molar-refractivity contribution in [2.75, 3.05) is 0 Å². The van der Waals surface area contributed by atoms with E-state index >= 15 is 0 Å². The summed E-state index contributed by atoms with van der Waals surface area (Å²) < 4.78 is 1.76. The second kappa shape index (κ2) is 3.86. The summed E-state index contributed by atoms with van der Waals surface area (Å²) in [5.41, 5.74) is 2.48. The van der Waals surface area contributed by atoms with E-state index in [2.05, 4.69) is 30.7 Å². The van der Waals surface area contributed by atoms with E-state index in [0.29, 0.717) is 0 Å². The van der Waals surface area contributed by atoms with Crippen LogP contribution in [0.25, 0.3) is 11.2 Å². The van der Waals surface area contributed by atoms with Crippen LogP contribution in [-0.2, 0) is 32.7 Å². The number of rotatable bonds is 0. The molecule has 2 aromatic heterocycles. The molecule has 2 aromatic rings. The largest absolute Gasteiger partial charge is 0.369 e. The standard InChI is InChI=1S/C6H6N4P.Y/c1-4-5-6(8-2-7-4)10(11)3-9-5;/h3H,11H2,1H3;/q-1;. The van der Waals surface area contributed by atoms with Crippen molar-refractivity contribution in [1.29, 1.82) is 0 Å². The van der Waals surface area contributed by atoms with Crippen LogP contribution in [-0.4, -0.2) is 19.3 Å². The Labute approximate surface area is 97.3 Å². The predicted molar refractivity (Wildman–Crippen MR) is 44.0 cm³/mol. The zero-order valence-electron chi connectivity index (χ0n) is 6.52. The van der Waals surface area contributed by atoms with Crippen molar-refractivity contribution in [2.24, 2.45) is 0 Å². The number of aryl methyl sites for hydroxylation is 1. The Bertz CT molecular complexity index is 399. The average molecular weight is 254 g/mol. The van der Waals surface area contributed by atoms with E-state index in [1.807, 2.05) is 6.92 Å². The van der Waals surface area contributed by atoms with Crippen LogP contribution in [0, 0.1) is 13.3 Å². The van der Waals surface area contributed by atoms with Gasteiger partial charge in [-0.05, 0) is 15.1 Å². The Morgan fingerprint density at radius 1 is 1.50 bits per heavy atom. The second-order valence-corrected chi connectivity index (χ2v) is 2.79. The fraction of sp³-hybridized carbons (Fsp3) is 0.167. The molecular weight excluding hydrogens is 248 g/mol. The van der Waals surface area contributed by atoms with Crippen LogP contribution in [0.15, 0.2) is 6.33 Å². The van der Waals surface area contributed by atoms with Crippen molar-refractivity contribution in [3.63, 3.8) is 0 Å². The summed E-state index contributed by atoms with van der Waals surface area (Å²) in [7, 11) is 2.50. The van der Waals surface area contributed by atoms with E-state index in [1.165, 1.54) is 0 Å². The van der Waals surface area contributed by atoms with Gasteiger partial charge >= 0.3 is 0 Å². The van der Waals surface area contributed by atoms with Gasteiger partial charge in [0.2, 0.25) is 0 Å². The van der Waals surface area contributed by atoms with Gasteiger partial charge in [-0.2, -0.15) is 0 Å².